The van der Waals surface area contributed by atoms with E-state index < -0.39 is 26.5 Å². The molecule has 0 radical (unpaired) electrons. The van der Waals surface area contributed by atoms with Crippen molar-refractivity contribution >= 4 is 49.1 Å². The van der Waals surface area contributed by atoms with Crippen molar-refractivity contribution in [2.75, 3.05) is 22.1 Å². The van der Waals surface area contributed by atoms with Crippen molar-refractivity contribution in [3.63, 3.8) is 0 Å². The Bertz CT molecular complexity index is 1550. The predicted octanol–water partition coefficient (Wildman–Crippen LogP) is 2.34. The number of pyridine rings is 1. The summed E-state index contributed by atoms with van der Waals surface area (Å²) in [6, 6.07) is 11.0. The minimum Gasteiger partial charge on any atom is -0.506 e. The molecule has 7 N–H and O–H groups in total. The Labute approximate surface area is 202 Å². The topological polar surface area (TPSA) is 183 Å². The zero-order chi connectivity index (χ0) is 25.1. The van der Waals surface area contributed by atoms with Crippen LogP contribution in [0.1, 0.15) is 24.8 Å². The van der Waals surface area contributed by atoms with Crippen LogP contribution in [0.4, 0.5) is 11.4 Å². The van der Waals surface area contributed by atoms with Gasteiger partial charge in [0.1, 0.15) is 16.2 Å². The SMILES string of the molecule is CN(c1ccc2c(c1)S(O)(O)N=C(c1c(O)c3ccccc3n(NC3CCC3)c1=O)N2)S(N)(=O)=O. The van der Waals surface area contributed by atoms with E-state index in [2.05, 4.69) is 15.1 Å². The molecule has 14 heteroatoms. The van der Waals surface area contributed by atoms with Crippen molar-refractivity contribution in [1.82, 2.24) is 4.68 Å². The van der Waals surface area contributed by atoms with Gasteiger partial charge in [0.05, 0.1) is 16.9 Å². The number of fused-ring (bicyclic) bond motifs is 2. The number of rotatable bonds is 5. The van der Waals surface area contributed by atoms with Gasteiger partial charge in [0.15, 0.2) is 5.84 Å². The molecule has 0 unspecified atom stereocenters. The molecule has 1 aromatic heterocycles. The van der Waals surface area contributed by atoms with Crippen LogP contribution in [0.25, 0.3) is 10.9 Å². The number of nitrogens with two attached hydrogens (primary N) is 1. The molecule has 0 bridgehead atoms. The molecule has 0 atom stereocenters. The van der Waals surface area contributed by atoms with E-state index in [0.717, 1.165) is 23.6 Å². The van der Waals surface area contributed by atoms with E-state index in [-0.39, 0.29) is 39.5 Å². The molecule has 2 aliphatic rings. The second-order valence-corrected chi connectivity index (χ2v) is 11.7. The number of nitrogens with zero attached hydrogens (tertiary/aromatic N) is 3. The maximum Gasteiger partial charge on any atom is 0.298 e. The molecule has 0 spiro atoms. The minimum absolute atomic E-state index is 0.0811. The number of aromatic nitrogens is 1. The maximum atomic E-state index is 13.5. The van der Waals surface area contributed by atoms with Gasteiger partial charge in [-0.25, -0.2) is 9.82 Å². The summed E-state index contributed by atoms with van der Waals surface area (Å²) in [5.74, 6) is -0.574. The highest BCUT2D eigenvalue weighted by atomic mass is 32.3. The van der Waals surface area contributed by atoms with Crippen LogP contribution in [-0.2, 0) is 10.2 Å². The average Bonchev–Trinajstić information content (AvgIpc) is 2.76. The second kappa shape index (κ2) is 8.13. The Morgan fingerprint density at radius 3 is 2.60 bits per heavy atom. The summed E-state index contributed by atoms with van der Waals surface area (Å²) in [6.07, 6.45) is 2.85. The van der Waals surface area contributed by atoms with Crippen LogP contribution in [0.3, 0.4) is 0 Å². The van der Waals surface area contributed by atoms with Crippen molar-refractivity contribution in [1.29, 1.82) is 0 Å². The van der Waals surface area contributed by atoms with Gasteiger partial charge in [-0.05, 0) is 49.6 Å². The van der Waals surface area contributed by atoms with Crippen molar-refractivity contribution in [2.45, 2.75) is 30.2 Å². The summed E-state index contributed by atoms with van der Waals surface area (Å²) in [5.41, 5.74) is 3.10. The van der Waals surface area contributed by atoms with Crippen molar-refractivity contribution in [2.24, 2.45) is 9.54 Å². The van der Waals surface area contributed by atoms with Crippen LogP contribution in [-0.4, -0.2) is 46.2 Å². The van der Waals surface area contributed by atoms with Crippen molar-refractivity contribution in [3.05, 3.63) is 58.4 Å². The molecule has 186 valence electrons. The summed E-state index contributed by atoms with van der Waals surface area (Å²) in [5, 5.41) is 19.5. The molecular weight excluding hydrogens is 496 g/mol. The molecule has 0 saturated heterocycles. The smallest absolute Gasteiger partial charge is 0.298 e. The second-order valence-electron chi connectivity index (χ2n) is 8.41. The van der Waals surface area contributed by atoms with Gasteiger partial charge >= 0.3 is 0 Å². The third-order valence-corrected chi connectivity index (χ3v) is 8.52. The van der Waals surface area contributed by atoms with E-state index in [1.54, 1.807) is 24.3 Å². The fourth-order valence-electron chi connectivity index (χ4n) is 4.01. The van der Waals surface area contributed by atoms with E-state index in [0.29, 0.717) is 10.9 Å². The average molecular weight is 521 g/mol. The van der Waals surface area contributed by atoms with Gasteiger partial charge in [0.25, 0.3) is 15.8 Å². The number of hydrogen-bond donors (Lipinski definition) is 6. The first-order chi connectivity index (χ1) is 16.5. The lowest BCUT2D eigenvalue weighted by Crippen LogP contribution is -2.42. The van der Waals surface area contributed by atoms with E-state index in [1.165, 1.54) is 29.9 Å². The number of anilines is 2. The first-order valence-electron chi connectivity index (χ1n) is 10.7. The Hall–Kier alpha value is -3.30. The molecule has 3 aromatic rings. The number of para-hydroxylation sites is 1. The van der Waals surface area contributed by atoms with Gasteiger partial charge in [-0.15, -0.1) is 4.40 Å². The van der Waals surface area contributed by atoms with Gasteiger partial charge in [-0.2, -0.15) is 8.42 Å². The first-order valence-corrected chi connectivity index (χ1v) is 13.7. The molecule has 1 saturated carbocycles. The van der Waals surface area contributed by atoms with E-state index in [9.17, 15) is 27.4 Å². The summed E-state index contributed by atoms with van der Waals surface area (Å²) >= 11 is 0. The lowest BCUT2D eigenvalue weighted by Gasteiger charge is -2.35. The maximum absolute atomic E-state index is 13.5. The van der Waals surface area contributed by atoms with Gasteiger partial charge in [-0.3, -0.25) is 18.2 Å². The van der Waals surface area contributed by atoms with Crippen molar-refractivity contribution < 1.29 is 22.6 Å². The van der Waals surface area contributed by atoms with Gasteiger partial charge in [0, 0.05) is 18.5 Å². The number of nitrogens with one attached hydrogen (secondary N) is 2. The fourth-order valence-corrected chi connectivity index (χ4v) is 5.60. The highest BCUT2D eigenvalue weighted by Gasteiger charge is 2.32. The van der Waals surface area contributed by atoms with Crippen LogP contribution >= 0.6 is 10.8 Å². The number of aromatic hydroxyl groups is 1. The van der Waals surface area contributed by atoms with Crippen LogP contribution in [0.5, 0.6) is 5.75 Å². The molecule has 0 amide bonds. The number of hydrogen-bond acceptors (Lipinski definition) is 9. The largest absolute Gasteiger partial charge is 0.506 e. The fraction of sp³-hybridized carbons (Fsp3) is 0.238. The number of amidine groups is 1. The lowest BCUT2D eigenvalue weighted by molar-refractivity contribution is 0.414. The van der Waals surface area contributed by atoms with Gasteiger partial charge < -0.3 is 15.8 Å². The first kappa shape index (κ1) is 23.4. The molecule has 1 aliphatic carbocycles. The Morgan fingerprint density at radius 2 is 1.94 bits per heavy atom. The summed E-state index contributed by atoms with van der Waals surface area (Å²) in [7, 11) is -6.73. The van der Waals surface area contributed by atoms with Crippen LogP contribution in [0.15, 0.2) is 56.6 Å². The monoisotopic (exact) mass is 520 g/mol. The third-order valence-electron chi connectivity index (χ3n) is 6.18. The van der Waals surface area contributed by atoms with E-state index >= 15 is 0 Å². The number of benzene rings is 2. The standard InChI is InChI=1S/C21H24N6O6S2/c1-26(35(22,32)33)13-9-10-15-17(11-13)34(30,31)25-20(23-15)18-19(28)14-7-2-3-8-16(14)27(21(18)29)24-12-5-4-6-12/h2-3,7-12,24,28,30-31H,4-6H2,1H3,(H,23,25)(H2,22,32,33). The lowest BCUT2D eigenvalue weighted by atomic mass is 9.94. The summed E-state index contributed by atoms with van der Waals surface area (Å²) < 4.78 is 51.1. The normalized spacial score (nSPS) is 18.1. The highest BCUT2D eigenvalue weighted by Crippen LogP contribution is 2.56. The molecule has 2 heterocycles. The zero-order valence-corrected chi connectivity index (χ0v) is 20.2. The molecule has 1 aliphatic heterocycles. The minimum atomic E-state index is -4.08. The van der Waals surface area contributed by atoms with E-state index in [1.807, 2.05) is 0 Å². The zero-order valence-electron chi connectivity index (χ0n) is 18.5. The molecule has 12 nitrogen and oxygen atoms in total. The molecular formula is C21H24N6O6S2. The molecule has 1 fully saturated rings. The predicted molar refractivity (Wildman–Crippen MR) is 136 cm³/mol. The van der Waals surface area contributed by atoms with Crippen LogP contribution in [0, 0.1) is 0 Å². The highest BCUT2D eigenvalue weighted by molar-refractivity contribution is 8.23. The van der Waals surface area contributed by atoms with E-state index in [4.69, 9.17) is 5.14 Å². The Kier molecular flexibility index (Phi) is 5.45. The molecule has 5 rings (SSSR count). The van der Waals surface area contributed by atoms with Gasteiger partial charge in [-0.1, -0.05) is 22.9 Å². The Morgan fingerprint density at radius 1 is 1.23 bits per heavy atom. The van der Waals surface area contributed by atoms with Crippen LogP contribution in [0.2, 0.25) is 0 Å². The molecule has 35 heavy (non-hydrogen) atoms. The van der Waals surface area contributed by atoms with Crippen molar-refractivity contribution in [3.8, 4) is 5.75 Å². The molecule has 2 aromatic carbocycles. The summed E-state index contributed by atoms with van der Waals surface area (Å²) in [4.78, 5) is 13.5. The summed E-state index contributed by atoms with van der Waals surface area (Å²) in [6.45, 7) is 0. The Balaban J connectivity index is 1.65. The van der Waals surface area contributed by atoms with Gasteiger partial charge in [0.2, 0.25) is 0 Å². The third kappa shape index (κ3) is 3.98. The quantitative estimate of drug-likeness (QED) is 0.296. The van der Waals surface area contributed by atoms with Crippen LogP contribution < -0.4 is 25.7 Å².